The maximum Gasteiger partial charge on any atom is 0.323 e. The second kappa shape index (κ2) is 5.81. The minimum atomic E-state index is 0.0151. The van der Waals surface area contributed by atoms with Crippen LogP contribution < -0.4 is 15.4 Å². The Balaban J connectivity index is 2.28. The third-order valence-electron chi connectivity index (χ3n) is 3.82. The molecule has 0 amide bonds. The molecule has 0 spiro atoms. The average Bonchev–Trinajstić information content (AvgIpc) is 2.32. The first-order valence-corrected chi connectivity index (χ1v) is 7.31. The Morgan fingerprint density at radius 2 is 1.90 bits per heavy atom. The summed E-state index contributed by atoms with van der Waals surface area (Å²) in [6.07, 6.45) is 1.24. The van der Waals surface area contributed by atoms with Crippen LogP contribution in [-0.4, -0.2) is 33.6 Å². The molecule has 0 aliphatic carbocycles. The highest BCUT2D eigenvalue weighted by Crippen LogP contribution is 2.30. The molecule has 112 valence electrons. The summed E-state index contributed by atoms with van der Waals surface area (Å²) in [6.45, 7) is 11.5. The molecule has 0 saturated carbocycles. The third-order valence-corrected chi connectivity index (χ3v) is 3.82. The predicted octanol–water partition coefficient (Wildman–Crippen LogP) is 2.11. The smallest absolute Gasteiger partial charge is 0.323 e. The summed E-state index contributed by atoms with van der Waals surface area (Å²) in [5.41, 5.74) is 5.79. The van der Waals surface area contributed by atoms with Gasteiger partial charge in [0.1, 0.15) is 0 Å². The summed E-state index contributed by atoms with van der Waals surface area (Å²) >= 11 is 0. The minimum Gasteiger partial charge on any atom is -0.461 e. The first kappa shape index (κ1) is 14.8. The largest absolute Gasteiger partial charge is 0.461 e. The molecular formula is C14H25N5O. The minimum absolute atomic E-state index is 0.0151. The monoisotopic (exact) mass is 279 g/mol. The summed E-state index contributed by atoms with van der Waals surface area (Å²) in [4.78, 5) is 15.0. The van der Waals surface area contributed by atoms with Crippen LogP contribution in [0.4, 0.5) is 11.9 Å². The highest BCUT2D eigenvalue weighted by Gasteiger charge is 2.31. The summed E-state index contributed by atoms with van der Waals surface area (Å²) < 4.78 is 5.55. The van der Waals surface area contributed by atoms with Crippen LogP contribution in [-0.2, 0) is 0 Å². The van der Waals surface area contributed by atoms with Gasteiger partial charge in [-0.15, -0.1) is 0 Å². The Kier molecular flexibility index (Phi) is 4.30. The maximum absolute atomic E-state index is 5.79. The Hall–Kier alpha value is -1.59. The molecule has 0 aromatic carbocycles. The van der Waals surface area contributed by atoms with Gasteiger partial charge in [0.15, 0.2) is 0 Å². The Morgan fingerprint density at radius 1 is 1.20 bits per heavy atom. The van der Waals surface area contributed by atoms with Crippen molar-refractivity contribution in [2.75, 3.05) is 17.2 Å². The van der Waals surface area contributed by atoms with Crippen LogP contribution in [0, 0.1) is 11.8 Å². The molecule has 0 bridgehead atoms. The van der Waals surface area contributed by atoms with E-state index in [0.29, 0.717) is 29.8 Å². The van der Waals surface area contributed by atoms with Gasteiger partial charge in [-0.3, -0.25) is 0 Å². The molecule has 1 aromatic heterocycles. The molecule has 3 unspecified atom stereocenters. The van der Waals surface area contributed by atoms with E-state index in [2.05, 4.69) is 40.6 Å². The number of rotatable bonds is 3. The number of nitrogens with two attached hydrogens (primary N) is 1. The van der Waals surface area contributed by atoms with Gasteiger partial charge in [-0.05, 0) is 39.0 Å². The molecule has 6 heteroatoms. The van der Waals surface area contributed by atoms with Crippen molar-refractivity contribution < 1.29 is 4.74 Å². The van der Waals surface area contributed by atoms with E-state index in [1.54, 1.807) is 0 Å². The zero-order chi connectivity index (χ0) is 14.9. The number of hydrogen-bond acceptors (Lipinski definition) is 6. The highest BCUT2D eigenvalue weighted by molar-refractivity contribution is 5.38. The van der Waals surface area contributed by atoms with Gasteiger partial charge >= 0.3 is 6.01 Å². The van der Waals surface area contributed by atoms with E-state index in [0.717, 1.165) is 6.54 Å². The van der Waals surface area contributed by atoms with E-state index in [-0.39, 0.29) is 12.1 Å². The van der Waals surface area contributed by atoms with Crippen LogP contribution in [0.2, 0.25) is 0 Å². The van der Waals surface area contributed by atoms with Gasteiger partial charge in [0.05, 0.1) is 6.10 Å². The van der Waals surface area contributed by atoms with Gasteiger partial charge in [0, 0.05) is 12.6 Å². The van der Waals surface area contributed by atoms with Crippen molar-refractivity contribution in [1.29, 1.82) is 0 Å². The predicted molar refractivity (Wildman–Crippen MR) is 79.8 cm³/mol. The SMILES string of the molecule is CC1CC(C)C(C)N(c2nc(N)nc(OC(C)C)n2)C1. The molecular weight excluding hydrogens is 254 g/mol. The highest BCUT2D eigenvalue weighted by atomic mass is 16.5. The fourth-order valence-electron chi connectivity index (χ4n) is 2.73. The van der Waals surface area contributed by atoms with E-state index >= 15 is 0 Å². The molecule has 0 radical (unpaired) electrons. The second-order valence-electron chi connectivity index (χ2n) is 6.15. The van der Waals surface area contributed by atoms with Crippen molar-refractivity contribution in [3.05, 3.63) is 0 Å². The van der Waals surface area contributed by atoms with E-state index in [1.165, 1.54) is 6.42 Å². The lowest BCUT2D eigenvalue weighted by Crippen LogP contribution is -2.46. The number of nitrogens with zero attached hydrogens (tertiary/aromatic N) is 4. The van der Waals surface area contributed by atoms with Crippen LogP contribution in [0.5, 0.6) is 6.01 Å². The molecule has 6 nitrogen and oxygen atoms in total. The van der Waals surface area contributed by atoms with Crippen LogP contribution in [0.25, 0.3) is 0 Å². The maximum atomic E-state index is 5.79. The summed E-state index contributed by atoms with van der Waals surface area (Å²) in [5.74, 6) is 2.06. The fraction of sp³-hybridized carbons (Fsp3) is 0.786. The average molecular weight is 279 g/mol. The van der Waals surface area contributed by atoms with E-state index in [9.17, 15) is 0 Å². The van der Waals surface area contributed by atoms with Gasteiger partial charge in [-0.1, -0.05) is 13.8 Å². The van der Waals surface area contributed by atoms with Crippen LogP contribution in [0.1, 0.15) is 41.0 Å². The molecule has 3 atom stereocenters. The Bertz CT molecular complexity index is 465. The lowest BCUT2D eigenvalue weighted by molar-refractivity contribution is 0.221. The normalized spacial score (nSPS) is 26.9. The zero-order valence-corrected chi connectivity index (χ0v) is 13.0. The van der Waals surface area contributed by atoms with Crippen molar-refractivity contribution in [3.8, 4) is 6.01 Å². The van der Waals surface area contributed by atoms with Gasteiger partial charge in [-0.25, -0.2) is 0 Å². The first-order chi connectivity index (χ1) is 9.36. The Morgan fingerprint density at radius 3 is 2.55 bits per heavy atom. The molecule has 1 aromatic rings. The molecule has 2 N–H and O–H groups in total. The molecule has 2 rings (SSSR count). The molecule has 2 heterocycles. The van der Waals surface area contributed by atoms with E-state index in [1.807, 2.05) is 13.8 Å². The first-order valence-electron chi connectivity index (χ1n) is 7.31. The number of nitrogen functional groups attached to an aromatic ring is 1. The standard InChI is InChI=1S/C14H25N5O/c1-8(2)20-14-17-12(15)16-13(18-14)19-7-9(3)6-10(4)11(19)5/h8-11H,6-7H2,1-5H3,(H2,15,16,17,18). The molecule has 1 aliphatic rings. The van der Waals surface area contributed by atoms with Crippen molar-refractivity contribution in [2.24, 2.45) is 11.8 Å². The summed E-state index contributed by atoms with van der Waals surface area (Å²) in [5, 5.41) is 0. The van der Waals surface area contributed by atoms with Gasteiger partial charge in [-0.2, -0.15) is 15.0 Å². The van der Waals surface area contributed by atoms with Gasteiger partial charge in [0.25, 0.3) is 0 Å². The zero-order valence-electron chi connectivity index (χ0n) is 13.0. The fourth-order valence-corrected chi connectivity index (χ4v) is 2.73. The number of aromatic nitrogens is 3. The number of ether oxygens (including phenoxy) is 1. The topological polar surface area (TPSA) is 77.2 Å². The molecule has 1 fully saturated rings. The van der Waals surface area contributed by atoms with Gasteiger partial charge in [0.2, 0.25) is 11.9 Å². The summed E-state index contributed by atoms with van der Waals surface area (Å²) in [7, 11) is 0. The van der Waals surface area contributed by atoms with E-state index < -0.39 is 0 Å². The Labute approximate surface area is 120 Å². The van der Waals surface area contributed by atoms with Crippen LogP contribution >= 0.6 is 0 Å². The number of hydrogen-bond donors (Lipinski definition) is 1. The lowest BCUT2D eigenvalue weighted by atomic mass is 9.86. The van der Waals surface area contributed by atoms with Crippen molar-refractivity contribution in [2.45, 2.75) is 53.2 Å². The van der Waals surface area contributed by atoms with Crippen molar-refractivity contribution >= 4 is 11.9 Å². The van der Waals surface area contributed by atoms with Crippen LogP contribution in [0.3, 0.4) is 0 Å². The quantitative estimate of drug-likeness (QED) is 0.913. The second-order valence-corrected chi connectivity index (χ2v) is 6.15. The van der Waals surface area contributed by atoms with E-state index in [4.69, 9.17) is 10.5 Å². The number of piperidine rings is 1. The molecule has 1 aliphatic heterocycles. The molecule has 20 heavy (non-hydrogen) atoms. The van der Waals surface area contributed by atoms with Crippen LogP contribution in [0.15, 0.2) is 0 Å². The van der Waals surface area contributed by atoms with Crippen molar-refractivity contribution in [1.82, 2.24) is 15.0 Å². The molecule has 1 saturated heterocycles. The van der Waals surface area contributed by atoms with Crippen molar-refractivity contribution in [3.63, 3.8) is 0 Å². The lowest BCUT2D eigenvalue weighted by Gasteiger charge is -2.41. The summed E-state index contributed by atoms with van der Waals surface area (Å²) in [6, 6.07) is 0.695. The van der Waals surface area contributed by atoms with Gasteiger partial charge < -0.3 is 15.4 Å². The third kappa shape index (κ3) is 3.29. The number of anilines is 2.